The predicted molar refractivity (Wildman–Crippen MR) is 132 cm³/mol. The van der Waals surface area contributed by atoms with Gasteiger partial charge in [0.2, 0.25) is 5.91 Å². The minimum Gasteiger partial charge on any atom is -0.497 e. The van der Waals surface area contributed by atoms with E-state index in [1.54, 1.807) is 36.3 Å². The number of piperidine rings is 1. The molecule has 1 aliphatic rings. The van der Waals surface area contributed by atoms with Crippen LogP contribution in [-0.2, 0) is 4.79 Å². The lowest BCUT2D eigenvalue weighted by Crippen LogP contribution is -2.54. The van der Waals surface area contributed by atoms with Crippen LogP contribution in [0.3, 0.4) is 0 Å². The second kappa shape index (κ2) is 11.7. The molecule has 34 heavy (non-hydrogen) atoms. The molecule has 0 unspecified atom stereocenters. The average molecular weight is 466 g/mol. The molecule has 7 heteroatoms. The predicted octanol–water partition coefficient (Wildman–Crippen LogP) is 3.52. The van der Waals surface area contributed by atoms with Gasteiger partial charge in [0.1, 0.15) is 11.8 Å². The standard InChI is InChI=1S/C27H35N3O4/c1-5-29(6-2)27(33)24(28-25(31)22-8-7-9-23(18-22)34-4)20-14-16-30(17-15-20)26(32)21-12-10-19(3)11-13-21/h7-13,18,20,24H,5-6,14-17H2,1-4H3,(H,28,31)/t24-/m0/s1. The fourth-order valence-corrected chi connectivity index (χ4v) is 4.42. The lowest BCUT2D eigenvalue weighted by molar-refractivity contribution is -0.134. The Morgan fingerprint density at radius 1 is 1.03 bits per heavy atom. The van der Waals surface area contributed by atoms with E-state index in [1.807, 2.05) is 49.9 Å². The van der Waals surface area contributed by atoms with Crippen molar-refractivity contribution in [1.82, 2.24) is 15.1 Å². The van der Waals surface area contributed by atoms with Crippen LogP contribution in [0.4, 0.5) is 0 Å². The Labute approximate surface area is 202 Å². The van der Waals surface area contributed by atoms with E-state index in [-0.39, 0.29) is 23.6 Å². The summed E-state index contributed by atoms with van der Waals surface area (Å²) in [6.07, 6.45) is 1.29. The largest absolute Gasteiger partial charge is 0.497 e. The first kappa shape index (κ1) is 25.3. The smallest absolute Gasteiger partial charge is 0.253 e. The van der Waals surface area contributed by atoms with E-state index in [2.05, 4.69) is 5.32 Å². The Morgan fingerprint density at radius 3 is 2.26 bits per heavy atom. The summed E-state index contributed by atoms with van der Waals surface area (Å²) in [5.41, 5.74) is 2.23. The van der Waals surface area contributed by atoms with Crippen molar-refractivity contribution in [2.24, 2.45) is 5.92 Å². The van der Waals surface area contributed by atoms with Crippen molar-refractivity contribution < 1.29 is 19.1 Å². The molecule has 2 aromatic carbocycles. The molecule has 1 saturated heterocycles. The Bertz CT molecular complexity index is 993. The number of nitrogens with zero attached hydrogens (tertiary/aromatic N) is 2. The fraction of sp³-hybridized carbons (Fsp3) is 0.444. The van der Waals surface area contributed by atoms with Crippen LogP contribution in [0.1, 0.15) is 53.0 Å². The number of likely N-dealkylation sites (tertiary alicyclic amines) is 1. The summed E-state index contributed by atoms with van der Waals surface area (Å²) in [6, 6.07) is 13.8. The van der Waals surface area contributed by atoms with Crippen LogP contribution in [0.2, 0.25) is 0 Å². The summed E-state index contributed by atoms with van der Waals surface area (Å²) in [5, 5.41) is 3.00. The van der Waals surface area contributed by atoms with E-state index in [0.29, 0.717) is 55.9 Å². The van der Waals surface area contributed by atoms with Gasteiger partial charge in [0.25, 0.3) is 11.8 Å². The molecule has 0 saturated carbocycles. The molecule has 1 aliphatic heterocycles. The zero-order valence-electron chi connectivity index (χ0n) is 20.5. The fourth-order valence-electron chi connectivity index (χ4n) is 4.42. The number of carbonyl (C=O) groups is 3. The second-order valence-corrected chi connectivity index (χ2v) is 8.69. The van der Waals surface area contributed by atoms with Crippen molar-refractivity contribution in [2.75, 3.05) is 33.3 Å². The van der Waals surface area contributed by atoms with E-state index in [0.717, 1.165) is 5.56 Å². The van der Waals surface area contributed by atoms with E-state index in [4.69, 9.17) is 4.74 Å². The van der Waals surface area contributed by atoms with Crippen molar-refractivity contribution in [2.45, 2.75) is 39.7 Å². The van der Waals surface area contributed by atoms with E-state index in [9.17, 15) is 14.4 Å². The van der Waals surface area contributed by atoms with Crippen LogP contribution < -0.4 is 10.1 Å². The molecule has 3 rings (SSSR count). The molecule has 3 amide bonds. The highest BCUT2D eigenvalue weighted by molar-refractivity contribution is 5.98. The Balaban J connectivity index is 1.73. The highest BCUT2D eigenvalue weighted by Crippen LogP contribution is 2.24. The van der Waals surface area contributed by atoms with Gasteiger partial charge in [-0.05, 0) is 69.9 Å². The third-order valence-corrected chi connectivity index (χ3v) is 6.56. The number of likely N-dealkylation sites (N-methyl/N-ethyl adjacent to an activating group) is 1. The van der Waals surface area contributed by atoms with Crippen molar-refractivity contribution in [1.29, 1.82) is 0 Å². The number of methoxy groups -OCH3 is 1. The van der Waals surface area contributed by atoms with E-state index < -0.39 is 6.04 Å². The number of benzene rings is 2. The maximum atomic E-state index is 13.4. The lowest BCUT2D eigenvalue weighted by atomic mass is 9.87. The van der Waals surface area contributed by atoms with Crippen LogP contribution in [-0.4, -0.2) is 66.9 Å². The van der Waals surface area contributed by atoms with Crippen molar-refractivity contribution in [3.8, 4) is 5.75 Å². The molecule has 0 spiro atoms. The third kappa shape index (κ3) is 5.95. The first-order valence-electron chi connectivity index (χ1n) is 12.0. The molecule has 1 N–H and O–H groups in total. The quantitative estimate of drug-likeness (QED) is 0.647. The van der Waals surface area contributed by atoms with E-state index >= 15 is 0 Å². The van der Waals surface area contributed by atoms with Crippen LogP contribution in [0.15, 0.2) is 48.5 Å². The summed E-state index contributed by atoms with van der Waals surface area (Å²) < 4.78 is 5.23. The van der Waals surface area contributed by atoms with Crippen LogP contribution in [0.25, 0.3) is 0 Å². The van der Waals surface area contributed by atoms with Gasteiger partial charge in [-0.25, -0.2) is 0 Å². The summed E-state index contributed by atoms with van der Waals surface area (Å²) in [7, 11) is 1.55. The molecular weight excluding hydrogens is 430 g/mol. The number of hydrogen-bond donors (Lipinski definition) is 1. The van der Waals surface area contributed by atoms with Crippen molar-refractivity contribution >= 4 is 17.7 Å². The number of carbonyl (C=O) groups excluding carboxylic acids is 3. The third-order valence-electron chi connectivity index (χ3n) is 6.56. The first-order chi connectivity index (χ1) is 16.4. The second-order valence-electron chi connectivity index (χ2n) is 8.69. The molecule has 1 heterocycles. The number of ether oxygens (including phenoxy) is 1. The highest BCUT2D eigenvalue weighted by atomic mass is 16.5. The monoisotopic (exact) mass is 465 g/mol. The van der Waals surface area contributed by atoms with Gasteiger partial charge in [0.15, 0.2) is 0 Å². The summed E-state index contributed by atoms with van der Waals surface area (Å²) in [4.78, 5) is 42.9. The van der Waals surface area contributed by atoms with Gasteiger partial charge in [0.05, 0.1) is 7.11 Å². The van der Waals surface area contributed by atoms with E-state index in [1.165, 1.54) is 0 Å². The number of nitrogens with one attached hydrogen (secondary N) is 1. The van der Waals surface area contributed by atoms with Crippen LogP contribution in [0, 0.1) is 12.8 Å². The Kier molecular flexibility index (Phi) is 8.68. The van der Waals surface area contributed by atoms with Crippen molar-refractivity contribution in [3.63, 3.8) is 0 Å². The molecule has 7 nitrogen and oxygen atoms in total. The van der Waals surface area contributed by atoms with Crippen LogP contribution in [0.5, 0.6) is 5.75 Å². The van der Waals surface area contributed by atoms with Gasteiger partial charge in [0, 0.05) is 37.3 Å². The van der Waals surface area contributed by atoms with Gasteiger partial charge < -0.3 is 19.9 Å². The minimum absolute atomic E-state index is 0.00508. The van der Waals surface area contributed by atoms with Gasteiger partial charge in [-0.1, -0.05) is 23.8 Å². The summed E-state index contributed by atoms with van der Waals surface area (Å²) in [5.74, 6) is 0.157. The molecule has 0 aliphatic carbocycles. The first-order valence-corrected chi connectivity index (χ1v) is 12.0. The van der Waals surface area contributed by atoms with Crippen LogP contribution >= 0.6 is 0 Å². The minimum atomic E-state index is -0.643. The van der Waals surface area contributed by atoms with Crippen molar-refractivity contribution in [3.05, 3.63) is 65.2 Å². The maximum Gasteiger partial charge on any atom is 0.253 e. The molecule has 182 valence electrons. The molecule has 1 atom stereocenters. The normalized spacial score (nSPS) is 14.9. The lowest BCUT2D eigenvalue weighted by Gasteiger charge is -2.37. The molecule has 0 aromatic heterocycles. The van der Waals surface area contributed by atoms with Gasteiger partial charge in [-0.15, -0.1) is 0 Å². The van der Waals surface area contributed by atoms with Gasteiger partial charge in [-0.2, -0.15) is 0 Å². The maximum absolute atomic E-state index is 13.4. The molecular formula is C27H35N3O4. The topological polar surface area (TPSA) is 79.0 Å². The number of amides is 3. The molecule has 0 radical (unpaired) electrons. The summed E-state index contributed by atoms with van der Waals surface area (Å²) >= 11 is 0. The highest BCUT2D eigenvalue weighted by Gasteiger charge is 2.35. The SMILES string of the molecule is CCN(CC)C(=O)[C@@H](NC(=O)c1cccc(OC)c1)C1CCN(C(=O)c2ccc(C)cc2)CC1. The number of aryl methyl sites for hydroxylation is 1. The zero-order valence-corrected chi connectivity index (χ0v) is 20.5. The van der Waals surface area contributed by atoms with Gasteiger partial charge in [-0.3, -0.25) is 14.4 Å². The number of rotatable bonds is 8. The number of hydrogen-bond acceptors (Lipinski definition) is 4. The molecule has 2 aromatic rings. The Morgan fingerprint density at radius 2 is 1.68 bits per heavy atom. The molecule has 0 bridgehead atoms. The molecule has 1 fully saturated rings. The Hall–Kier alpha value is -3.35. The average Bonchev–Trinajstić information content (AvgIpc) is 2.88. The summed E-state index contributed by atoms with van der Waals surface area (Å²) in [6.45, 7) is 8.11. The zero-order chi connectivity index (χ0) is 24.7. The van der Waals surface area contributed by atoms with Gasteiger partial charge >= 0.3 is 0 Å².